The topological polar surface area (TPSA) is 84.5 Å². The SMILES string of the molecule is CNS(=O)(=O)c1ccc(/C=C/C(=O)Nc2ccc(OC3CCCC3)cc2)cc1. The van der Waals surface area contributed by atoms with Gasteiger partial charge < -0.3 is 10.1 Å². The lowest BCUT2D eigenvalue weighted by molar-refractivity contribution is -0.111. The fourth-order valence-corrected chi connectivity index (χ4v) is 3.78. The quantitative estimate of drug-likeness (QED) is 0.696. The molecule has 2 aromatic rings. The number of anilines is 1. The molecular weight excluding hydrogens is 376 g/mol. The van der Waals surface area contributed by atoms with Crippen LogP contribution in [0.4, 0.5) is 5.69 Å². The van der Waals surface area contributed by atoms with E-state index in [-0.39, 0.29) is 10.8 Å². The van der Waals surface area contributed by atoms with Crippen LogP contribution in [0.5, 0.6) is 5.75 Å². The summed E-state index contributed by atoms with van der Waals surface area (Å²) >= 11 is 0. The molecule has 0 radical (unpaired) electrons. The molecule has 1 amide bonds. The Kier molecular flexibility index (Phi) is 6.49. The van der Waals surface area contributed by atoms with Crippen molar-refractivity contribution in [1.82, 2.24) is 4.72 Å². The van der Waals surface area contributed by atoms with Gasteiger partial charge in [-0.3, -0.25) is 4.79 Å². The average Bonchev–Trinajstić information content (AvgIpc) is 3.21. The first-order chi connectivity index (χ1) is 13.5. The third kappa shape index (κ3) is 5.43. The van der Waals surface area contributed by atoms with E-state index in [9.17, 15) is 13.2 Å². The van der Waals surface area contributed by atoms with Crippen molar-refractivity contribution in [2.75, 3.05) is 12.4 Å². The Morgan fingerprint density at radius 2 is 1.68 bits per heavy atom. The van der Waals surface area contributed by atoms with E-state index in [4.69, 9.17) is 4.74 Å². The molecule has 1 aliphatic carbocycles. The van der Waals surface area contributed by atoms with Crippen molar-refractivity contribution in [3.8, 4) is 5.75 Å². The van der Waals surface area contributed by atoms with Gasteiger partial charge in [-0.2, -0.15) is 0 Å². The van der Waals surface area contributed by atoms with Gasteiger partial charge in [-0.25, -0.2) is 13.1 Å². The number of ether oxygens (including phenoxy) is 1. The average molecular weight is 401 g/mol. The molecule has 0 spiro atoms. The number of hydrogen-bond donors (Lipinski definition) is 2. The molecule has 0 unspecified atom stereocenters. The van der Waals surface area contributed by atoms with Gasteiger partial charge in [0.1, 0.15) is 5.75 Å². The van der Waals surface area contributed by atoms with Gasteiger partial charge in [-0.1, -0.05) is 12.1 Å². The number of benzene rings is 2. The molecule has 0 bridgehead atoms. The molecule has 0 aromatic heterocycles. The van der Waals surface area contributed by atoms with E-state index in [1.54, 1.807) is 18.2 Å². The third-order valence-corrected chi connectivity index (χ3v) is 6.04. The zero-order chi connectivity index (χ0) is 20.0. The number of carbonyl (C=O) groups is 1. The highest BCUT2D eigenvalue weighted by Gasteiger charge is 2.16. The molecule has 6 nitrogen and oxygen atoms in total. The second-order valence-corrected chi connectivity index (χ2v) is 8.53. The third-order valence-electron chi connectivity index (χ3n) is 4.61. The Morgan fingerprint density at radius 1 is 1.04 bits per heavy atom. The van der Waals surface area contributed by atoms with Gasteiger partial charge in [0, 0.05) is 11.8 Å². The molecule has 2 aromatic carbocycles. The van der Waals surface area contributed by atoms with Crippen molar-refractivity contribution in [2.24, 2.45) is 0 Å². The Labute approximate surface area is 165 Å². The Hall–Kier alpha value is -2.64. The molecule has 3 rings (SSSR count). The fourth-order valence-electron chi connectivity index (χ4n) is 3.05. The predicted molar refractivity (Wildman–Crippen MR) is 110 cm³/mol. The van der Waals surface area contributed by atoms with Crippen molar-refractivity contribution in [3.63, 3.8) is 0 Å². The smallest absolute Gasteiger partial charge is 0.248 e. The number of amides is 1. The van der Waals surface area contributed by atoms with Crippen molar-refractivity contribution in [2.45, 2.75) is 36.7 Å². The summed E-state index contributed by atoms with van der Waals surface area (Å²) in [6.45, 7) is 0. The van der Waals surface area contributed by atoms with E-state index in [1.807, 2.05) is 24.3 Å². The van der Waals surface area contributed by atoms with Gasteiger partial charge in [0.2, 0.25) is 15.9 Å². The summed E-state index contributed by atoms with van der Waals surface area (Å²) in [5.74, 6) is 0.549. The highest BCUT2D eigenvalue weighted by Crippen LogP contribution is 2.25. The summed E-state index contributed by atoms with van der Waals surface area (Å²) in [4.78, 5) is 12.3. The first kappa shape index (κ1) is 20.1. The minimum absolute atomic E-state index is 0.177. The first-order valence-corrected chi connectivity index (χ1v) is 10.7. The largest absolute Gasteiger partial charge is 0.490 e. The minimum Gasteiger partial charge on any atom is -0.490 e. The standard InChI is InChI=1S/C21H24N2O4S/c1-22-28(25,26)20-13-6-16(7-14-20)8-15-21(24)23-17-9-11-19(12-10-17)27-18-4-2-3-5-18/h6-15,18,22H,2-5H2,1H3,(H,23,24)/b15-8+. The number of sulfonamides is 1. The van der Waals surface area contributed by atoms with Gasteiger partial charge in [-0.15, -0.1) is 0 Å². The molecule has 1 aliphatic rings. The van der Waals surface area contributed by atoms with Crippen LogP contribution in [0.15, 0.2) is 59.5 Å². The van der Waals surface area contributed by atoms with E-state index in [1.165, 1.54) is 38.1 Å². The van der Waals surface area contributed by atoms with Crippen LogP contribution in [0.2, 0.25) is 0 Å². The van der Waals surface area contributed by atoms with Gasteiger partial charge >= 0.3 is 0 Å². The maximum atomic E-state index is 12.1. The zero-order valence-electron chi connectivity index (χ0n) is 15.7. The normalized spacial score (nSPS) is 15.0. The lowest BCUT2D eigenvalue weighted by Gasteiger charge is -2.13. The molecule has 0 saturated heterocycles. The molecule has 2 N–H and O–H groups in total. The second-order valence-electron chi connectivity index (χ2n) is 6.65. The van der Waals surface area contributed by atoms with Gasteiger partial charge in [0.05, 0.1) is 11.0 Å². The van der Waals surface area contributed by atoms with E-state index < -0.39 is 10.0 Å². The van der Waals surface area contributed by atoms with E-state index in [2.05, 4.69) is 10.0 Å². The van der Waals surface area contributed by atoms with E-state index in [0.717, 1.165) is 24.2 Å². The summed E-state index contributed by atoms with van der Waals surface area (Å²) in [5.41, 5.74) is 1.41. The molecular formula is C21H24N2O4S. The molecule has 0 aliphatic heterocycles. The van der Waals surface area contributed by atoms with Crippen molar-refractivity contribution >= 4 is 27.7 Å². The van der Waals surface area contributed by atoms with Gasteiger partial charge in [0.15, 0.2) is 0 Å². The van der Waals surface area contributed by atoms with Crippen LogP contribution in [0.3, 0.4) is 0 Å². The van der Waals surface area contributed by atoms with Gasteiger partial charge in [-0.05, 0) is 80.8 Å². The second kappa shape index (κ2) is 9.03. The number of hydrogen-bond acceptors (Lipinski definition) is 4. The summed E-state index contributed by atoms with van der Waals surface area (Å²) in [6, 6.07) is 13.6. The maximum absolute atomic E-state index is 12.1. The molecule has 148 valence electrons. The molecule has 1 fully saturated rings. The molecule has 1 saturated carbocycles. The van der Waals surface area contributed by atoms with E-state index in [0.29, 0.717) is 11.8 Å². The molecule has 7 heteroatoms. The monoisotopic (exact) mass is 400 g/mol. The first-order valence-electron chi connectivity index (χ1n) is 9.26. The summed E-state index contributed by atoms with van der Waals surface area (Å²) < 4.78 is 31.6. The summed E-state index contributed by atoms with van der Waals surface area (Å²) in [5, 5.41) is 2.79. The van der Waals surface area contributed by atoms with Crippen molar-refractivity contribution < 1.29 is 17.9 Å². The minimum atomic E-state index is -3.46. The van der Waals surface area contributed by atoms with Gasteiger partial charge in [0.25, 0.3) is 0 Å². The maximum Gasteiger partial charge on any atom is 0.248 e. The predicted octanol–water partition coefficient (Wildman–Crippen LogP) is 3.57. The van der Waals surface area contributed by atoms with Crippen LogP contribution in [-0.2, 0) is 14.8 Å². The molecule has 0 heterocycles. The number of carbonyl (C=O) groups excluding carboxylic acids is 1. The Morgan fingerprint density at radius 3 is 2.29 bits per heavy atom. The summed E-state index contributed by atoms with van der Waals surface area (Å²) in [7, 11) is -2.10. The fraction of sp³-hybridized carbons (Fsp3) is 0.286. The lowest BCUT2D eigenvalue weighted by atomic mass is 10.2. The van der Waals surface area contributed by atoms with Crippen LogP contribution in [0.1, 0.15) is 31.2 Å². The molecule has 28 heavy (non-hydrogen) atoms. The van der Waals surface area contributed by atoms with Crippen LogP contribution in [0, 0.1) is 0 Å². The Balaban J connectivity index is 1.54. The highest BCUT2D eigenvalue weighted by molar-refractivity contribution is 7.89. The van der Waals surface area contributed by atoms with Crippen LogP contribution >= 0.6 is 0 Å². The number of rotatable bonds is 7. The summed E-state index contributed by atoms with van der Waals surface area (Å²) in [6.07, 6.45) is 7.99. The zero-order valence-corrected chi connectivity index (χ0v) is 16.5. The van der Waals surface area contributed by atoms with Crippen molar-refractivity contribution in [3.05, 3.63) is 60.2 Å². The lowest BCUT2D eigenvalue weighted by Crippen LogP contribution is -2.18. The van der Waals surface area contributed by atoms with Crippen LogP contribution in [0.25, 0.3) is 6.08 Å². The van der Waals surface area contributed by atoms with Crippen molar-refractivity contribution in [1.29, 1.82) is 0 Å². The van der Waals surface area contributed by atoms with Crippen LogP contribution in [-0.4, -0.2) is 27.5 Å². The van der Waals surface area contributed by atoms with Crippen LogP contribution < -0.4 is 14.8 Å². The highest BCUT2D eigenvalue weighted by atomic mass is 32.2. The Bertz CT molecular complexity index is 929. The number of nitrogens with one attached hydrogen (secondary N) is 2. The van der Waals surface area contributed by atoms with E-state index >= 15 is 0 Å². The molecule has 0 atom stereocenters.